The van der Waals surface area contributed by atoms with Gasteiger partial charge in [-0.2, -0.15) is 20.1 Å². The molecule has 0 aliphatic heterocycles. The molecule has 0 aliphatic rings. The second-order valence-corrected chi connectivity index (χ2v) is 4.63. The summed E-state index contributed by atoms with van der Waals surface area (Å²) in [7, 11) is 1.78. The minimum absolute atomic E-state index is 0.0283. The monoisotopic (exact) mass is 267 g/mol. The topological polar surface area (TPSA) is 105 Å². The van der Waals surface area contributed by atoms with E-state index in [2.05, 4.69) is 25.0 Å². The molecule has 0 unspecified atom stereocenters. The van der Waals surface area contributed by atoms with Crippen LogP contribution in [0.3, 0.4) is 0 Å². The quantitative estimate of drug-likeness (QED) is 0.854. The van der Waals surface area contributed by atoms with Crippen LogP contribution in [0.25, 0.3) is 0 Å². The fourth-order valence-electron chi connectivity index (χ4n) is 1.12. The predicted molar refractivity (Wildman–Crippen MR) is 65.1 cm³/mol. The third-order valence-electron chi connectivity index (χ3n) is 1.81. The molecular weight excluding hydrogens is 254 g/mol. The van der Waals surface area contributed by atoms with E-state index in [4.69, 9.17) is 10.5 Å². The summed E-state index contributed by atoms with van der Waals surface area (Å²) in [5, 5.41) is 5.05. The van der Waals surface area contributed by atoms with E-state index in [1.807, 2.05) is 13.8 Å². The first kappa shape index (κ1) is 12.6. The van der Waals surface area contributed by atoms with Gasteiger partial charge in [0.05, 0.1) is 6.10 Å². The van der Waals surface area contributed by atoms with Crippen molar-refractivity contribution in [2.75, 3.05) is 5.73 Å². The van der Waals surface area contributed by atoms with Crippen molar-refractivity contribution in [3.63, 3.8) is 0 Å². The molecule has 0 bridgehead atoms. The number of rotatable bonds is 4. The predicted octanol–water partition coefficient (Wildman–Crippen LogP) is 0.521. The van der Waals surface area contributed by atoms with Gasteiger partial charge in [0.25, 0.3) is 0 Å². The first-order valence-corrected chi connectivity index (χ1v) is 6.06. The lowest BCUT2D eigenvalue weighted by Gasteiger charge is -2.08. The Hall–Kier alpha value is -1.90. The van der Waals surface area contributed by atoms with E-state index in [1.165, 1.54) is 18.1 Å². The lowest BCUT2D eigenvalue weighted by atomic mass is 10.5. The van der Waals surface area contributed by atoms with Crippen molar-refractivity contribution in [3.8, 4) is 6.01 Å². The molecule has 0 aromatic carbocycles. The van der Waals surface area contributed by atoms with E-state index in [0.29, 0.717) is 10.3 Å². The molecule has 9 heteroatoms. The van der Waals surface area contributed by atoms with E-state index in [1.54, 1.807) is 11.7 Å². The maximum atomic E-state index is 5.60. The first-order chi connectivity index (χ1) is 8.54. The highest BCUT2D eigenvalue weighted by molar-refractivity contribution is 7.99. The van der Waals surface area contributed by atoms with Crippen LogP contribution in [0, 0.1) is 0 Å². The molecule has 0 aliphatic carbocycles. The average Bonchev–Trinajstić information content (AvgIpc) is 2.62. The Morgan fingerprint density at radius 1 is 1.33 bits per heavy atom. The van der Waals surface area contributed by atoms with E-state index >= 15 is 0 Å². The van der Waals surface area contributed by atoms with Gasteiger partial charge in [0.2, 0.25) is 11.1 Å². The minimum atomic E-state index is -0.0283. The number of hydrogen-bond donors (Lipinski definition) is 1. The zero-order valence-corrected chi connectivity index (χ0v) is 11.0. The number of nitrogen functional groups attached to an aromatic ring is 1. The van der Waals surface area contributed by atoms with E-state index in [0.717, 1.165) is 0 Å². The fourth-order valence-corrected chi connectivity index (χ4v) is 1.83. The van der Waals surface area contributed by atoms with Crippen LogP contribution < -0.4 is 10.5 Å². The third-order valence-corrected chi connectivity index (χ3v) is 2.72. The van der Waals surface area contributed by atoms with Crippen LogP contribution in [0.15, 0.2) is 16.6 Å². The summed E-state index contributed by atoms with van der Waals surface area (Å²) in [6, 6.07) is 0.210. The summed E-state index contributed by atoms with van der Waals surface area (Å²) in [6.45, 7) is 3.77. The summed E-state index contributed by atoms with van der Waals surface area (Å²) in [5.41, 5.74) is 5.60. The Bertz CT molecular complexity index is 541. The van der Waals surface area contributed by atoms with E-state index in [9.17, 15) is 0 Å². The molecule has 2 heterocycles. The van der Waals surface area contributed by atoms with Crippen molar-refractivity contribution >= 4 is 17.7 Å². The molecule has 0 radical (unpaired) electrons. The molecule has 2 N–H and O–H groups in total. The van der Waals surface area contributed by atoms with E-state index in [-0.39, 0.29) is 18.1 Å². The van der Waals surface area contributed by atoms with Crippen LogP contribution >= 0.6 is 11.8 Å². The van der Waals surface area contributed by atoms with Gasteiger partial charge in [0.15, 0.2) is 5.16 Å². The first-order valence-electron chi connectivity index (χ1n) is 5.24. The molecule has 96 valence electrons. The summed E-state index contributed by atoms with van der Waals surface area (Å²) in [4.78, 5) is 16.1. The second kappa shape index (κ2) is 5.17. The van der Waals surface area contributed by atoms with Crippen molar-refractivity contribution < 1.29 is 4.74 Å². The maximum absolute atomic E-state index is 5.60. The third kappa shape index (κ3) is 3.06. The Balaban J connectivity index is 2.23. The standard InChI is InChI=1S/C9H13N7OS/c1-5(2)17-7-13-6(10)14-8(15-7)18-9-11-4-12-16(9)3/h4-5H,1-3H3,(H2,10,13,14,15). The zero-order valence-electron chi connectivity index (χ0n) is 10.2. The molecule has 0 saturated heterocycles. The molecule has 2 aromatic rings. The van der Waals surface area contributed by atoms with Crippen LogP contribution in [-0.4, -0.2) is 35.8 Å². The van der Waals surface area contributed by atoms with Crippen molar-refractivity contribution in [1.82, 2.24) is 29.7 Å². The van der Waals surface area contributed by atoms with Gasteiger partial charge in [0.1, 0.15) is 6.33 Å². The lowest BCUT2D eigenvalue weighted by molar-refractivity contribution is 0.219. The SMILES string of the molecule is CC(C)Oc1nc(N)nc(Sc2ncnn2C)n1. The second-order valence-electron chi connectivity index (χ2n) is 3.69. The Morgan fingerprint density at radius 2 is 2.11 bits per heavy atom. The van der Waals surface area contributed by atoms with Gasteiger partial charge in [-0.05, 0) is 25.6 Å². The minimum Gasteiger partial charge on any atom is -0.461 e. The van der Waals surface area contributed by atoms with Gasteiger partial charge in [-0.25, -0.2) is 9.67 Å². The highest BCUT2D eigenvalue weighted by atomic mass is 32.2. The number of aryl methyl sites for hydroxylation is 1. The number of ether oxygens (including phenoxy) is 1. The highest BCUT2D eigenvalue weighted by Crippen LogP contribution is 2.23. The van der Waals surface area contributed by atoms with Crippen LogP contribution in [0.2, 0.25) is 0 Å². The lowest BCUT2D eigenvalue weighted by Crippen LogP contribution is -2.11. The molecule has 0 fully saturated rings. The molecule has 0 atom stereocenters. The molecule has 8 nitrogen and oxygen atoms in total. The van der Waals surface area contributed by atoms with Gasteiger partial charge in [-0.15, -0.1) is 0 Å². The van der Waals surface area contributed by atoms with Crippen LogP contribution in [0.5, 0.6) is 6.01 Å². The fraction of sp³-hybridized carbons (Fsp3) is 0.444. The molecule has 2 aromatic heterocycles. The van der Waals surface area contributed by atoms with Gasteiger partial charge < -0.3 is 10.5 Å². The summed E-state index contributed by atoms with van der Waals surface area (Å²) in [6.07, 6.45) is 1.43. The van der Waals surface area contributed by atoms with Crippen LogP contribution in [0.1, 0.15) is 13.8 Å². The largest absolute Gasteiger partial charge is 0.461 e. The summed E-state index contributed by atoms with van der Waals surface area (Å²) in [5.74, 6) is 0.116. The normalized spacial score (nSPS) is 10.9. The summed E-state index contributed by atoms with van der Waals surface area (Å²) >= 11 is 1.24. The number of nitrogens with zero attached hydrogens (tertiary/aromatic N) is 6. The number of hydrogen-bond acceptors (Lipinski definition) is 8. The molecule has 0 spiro atoms. The molecule has 18 heavy (non-hydrogen) atoms. The number of nitrogens with two attached hydrogens (primary N) is 1. The molecule has 0 saturated carbocycles. The molecule has 0 amide bonds. The summed E-state index contributed by atoms with van der Waals surface area (Å²) < 4.78 is 7.01. The van der Waals surface area contributed by atoms with Crippen molar-refractivity contribution in [2.24, 2.45) is 7.05 Å². The highest BCUT2D eigenvalue weighted by Gasteiger charge is 2.11. The van der Waals surface area contributed by atoms with Gasteiger partial charge in [0, 0.05) is 7.05 Å². The van der Waals surface area contributed by atoms with Gasteiger partial charge in [-0.3, -0.25) is 0 Å². The van der Waals surface area contributed by atoms with Crippen molar-refractivity contribution in [3.05, 3.63) is 6.33 Å². The maximum Gasteiger partial charge on any atom is 0.322 e. The Morgan fingerprint density at radius 3 is 2.72 bits per heavy atom. The molecule has 2 rings (SSSR count). The number of anilines is 1. The Labute approximate surface area is 108 Å². The van der Waals surface area contributed by atoms with Gasteiger partial charge >= 0.3 is 6.01 Å². The van der Waals surface area contributed by atoms with Crippen LogP contribution in [-0.2, 0) is 7.05 Å². The zero-order chi connectivity index (χ0) is 13.1. The van der Waals surface area contributed by atoms with Gasteiger partial charge in [-0.1, -0.05) is 0 Å². The average molecular weight is 267 g/mol. The number of aromatic nitrogens is 6. The van der Waals surface area contributed by atoms with Crippen molar-refractivity contribution in [1.29, 1.82) is 0 Å². The van der Waals surface area contributed by atoms with E-state index < -0.39 is 0 Å². The van der Waals surface area contributed by atoms with Crippen molar-refractivity contribution in [2.45, 2.75) is 30.3 Å². The van der Waals surface area contributed by atoms with Crippen LogP contribution in [0.4, 0.5) is 5.95 Å². The Kier molecular flexibility index (Phi) is 3.60. The molecular formula is C9H13N7OS. The smallest absolute Gasteiger partial charge is 0.322 e.